The van der Waals surface area contributed by atoms with E-state index >= 15 is 0 Å². The Balaban J connectivity index is 1.37. The van der Waals surface area contributed by atoms with E-state index in [1.54, 1.807) is 24.5 Å². The molecule has 2 aliphatic rings. The summed E-state index contributed by atoms with van der Waals surface area (Å²) >= 11 is 1.78. The minimum absolute atomic E-state index is 0.0903. The molecule has 6 heteroatoms. The van der Waals surface area contributed by atoms with Crippen molar-refractivity contribution in [2.45, 2.75) is 19.9 Å². The Hall–Kier alpha value is -3.09. The Morgan fingerprint density at radius 1 is 1.19 bits per heavy atom. The molecule has 0 aliphatic carbocycles. The second-order valence-electron chi connectivity index (χ2n) is 7.73. The van der Waals surface area contributed by atoms with E-state index in [1.807, 2.05) is 37.3 Å². The van der Waals surface area contributed by atoms with Crippen LogP contribution in [0.15, 0.2) is 53.6 Å². The lowest BCUT2D eigenvalue weighted by atomic mass is 10.00. The van der Waals surface area contributed by atoms with Crippen molar-refractivity contribution in [3.8, 4) is 17.2 Å². The van der Waals surface area contributed by atoms with E-state index in [0.717, 1.165) is 47.7 Å². The minimum atomic E-state index is -0.0903. The lowest BCUT2D eigenvalue weighted by Crippen LogP contribution is -2.34. The zero-order chi connectivity index (χ0) is 21.4. The molecule has 2 aliphatic heterocycles. The molecule has 158 valence electrons. The molecule has 0 atom stereocenters. The van der Waals surface area contributed by atoms with Crippen molar-refractivity contribution in [1.82, 2.24) is 4.90 Å². The lowest BCUT2D eigenvalue weighted by Gasteiger charge is -2.30. The van der Waals surface area contributed by atoms with E-state index in [2.05, 4.69) is 22.4 Å². The molecule has 0 saturated carbocycles. The summed E-state index contributed by atoms with van der Waals surface area (Å²) in [6.45, 7) is 4.19. The van der Waals surface area contributed by atoms with Gasteiger partial charge in [0.2, 0.25) is 5.78 Å². The van der Waals surface area contributed by atoms with Crippen LogP contribution in [0.3, 0.4) is 0 Å². The van der Waals surface area contributed by atoms with Crippen LogP contribution >= 0.6 is 11.3 Å². The Kier molecular flexibility index (Phi) is 5.26. The summed E-state index contributed by atoms with van der Waals surface area (Å²) in [5.74, 6) is 2.46. The molecule has 0 unspecified atom stereocenters. The molecule has 0 fully saturated rings. The molecule has 0 spiro atoms. The molecule has 0 saturated heterocycles. The van der Waals surface area contributed by atoms with Gasteiger partial charge in [-0.3, -0.25) is 9.69 Å². The third-order valence-electron chi connectivity index (χ3n) is 5.67. The third-order valence-corrected chi connectivity index (χ3v) is 6.61. The van der Waals surface area contributed by atoms with Gasteiger partial charge in [-0.05, 0) is 54.6 Å². The number of methoxy groups -OCH3 is 1. The highest BCUT2D eigenvalue weighted by molar-refractivity contribution is 7.09. The van der Waals surface area contributed by atoms with Crippen molar-refractivity contribution in [2.24, 2.45) is 0 Å². The number of carbonyl (C=O) groups is 1. The summed E-state index contributed by atoms with van der Waals surface area (Å²) in [7, 11) is 1.63. The van der Waals surface area contributed by atoms with Crippen LogP contribution in [-0.4, -0.2) is 31.1 Å². The van der Waals surface area contributed by atoms with Gasteiger partial charge in [-0.1, -0.05) is 18.2 Å². The van der Waals surface area contributed by atoms with Crippen molar-refractivity contribution in [3.05, 3.63) is 80.7 Å². The maximum atomic E-state index is 13.1. The predicted molar refractivity (Wildman–Crippen MR) is 121 cm³/mol. The normalized spacial score (nSPS) is 16.6. The van der Waals surface area contributed by atoms with Gasteiger partial charge in [0.1, 0.15) is 24.0 Å². The lowest BCUT2D eigenvalue weighted by molar-refractivity contribution is 0.0956. The zero-order valence-corrected chi connectivity index (χ0v) is 18.3. The van der Waals surface area contributed by atoms with Crippen LogP contribution in [0.1, 0.15) is 31.9 Å². The Morgan fingerprint density at radius 3 is 2.77 bits per heavy atom. The standard InChI is InChI=1S/C25H23NO4S/c1-16-24-18(14-26(15-29-24)10-9-20-4-3-11-31-20)13-21-23(27)22(30-25(16)21)12-17-5-7-19(28-2)8-6-17/h3-8,11-13H,9-10,14-15H2,1-2H3. The number of nitrogens with zero attached hydrogens (tertiary/aromatic N) is 1. The Bertz CT molecular complexity index is 1150. The fraction of sp³-hybridized carbons (Fsp3) is 0.240. The largest absolute Gasteiger partial charge is 0.497 e. The number of rotatable bonds is 5. The van der Waals surface area contributed by atoms with Crippen LogP contribution in [0.5, 0.6) is 17.2 Å². The molecule has 3 aromatic rings. The van der Waals surface area contributed by atoms with Gasteiger partial charge in [0, 0.05) is 29.1 Å². The van der Waals surface area contributed by atoms with Gasteiger partial charge in [0.15, 0.2) is 5.76 Å². The van der Waals surface area contributed by atoms with Crippen molar-refractivity contribution >= 4 is 23.2 Å². The van der Waals surface area contributed by atoms with Gasteiger partial charge in [-0.15, -0.1) is 11.3 Å². The average molecular weight is 434 g/mol. The van der Waals surface area contributed by atoms with Crippen molar-refractivity contribution < 1.29 is 19.0 Å². The van der Waals surface area contributed by atoms with Crippen molar-refractivity contribution in [1.29, 1.82) is 0 Å². The van der Waals surface area contributed by atoms with Crippen LogP contribution in [0, 0.1) is 6.92 Å². The smallest absolute Gasteiger partial charge is 0.231 e. The minimum Gasteiger partial charge on any atom is -0.497 e. The molecule has 0 bridgehead atoms. The van der Waals surface area contributed by atoms with E-state index < -0.39 is 0 Å². The highest BCUT2D eigenvalue weighted by Gasteiger charge is 2.33. The molecule has 31 heavy (non-hydrogen) atoms. The van der Waals surface area contributed by atoms with Crippen molar-refractivity contribution in [2.75, 3.05) is 20.4 Å². The molecule has 5 nitrogen and oxygen atoms in total. The molecule has 5 rings (SSSR count). The molecule has 3 heterocycles. The zero-order valence-electron chi connectivity index (χ0n) is 17.5. The predicted octanol–water partition coefficient (Wildman–Crippen LogP) is 5.08. The number of fused-ring (bicyclic) bond motifs is 2. The van der Waals surface area contributed by atoms with Gasteiger partial charge < -0.3 is 14.2 Å². The number of hydrogen-bond donors (Lipinski definition) is 0. The number of allylic oxidation sites excluding steroid dienone is 1. The second kappa shape index (κ2) is 8.21. The molecule has 1 aromatic heterocycles. The van der Waals surface area contributed by atoms with Crippen LogP contribution in [0.4, 0.5) is 0 Å². The van der Waals surface area contributed by atoms with E-state index in [0.29, 0.717) is 23.8 Å². The first kappa shape index (κ1) is 19.8. The number of carbonyl (C=O) groups excluding carboxylic acids is 1. The van der Waals surface area contributed by atoms with Crippen LogP contribution in [0.25, 0.3) is 6.08 Å². The van der Waals surface area contributed by atoms with Crippen LogP contribution in [-0.2, 0) is 13.0 Å². The molecular weight excluding hydrogens is 410 g/mol. The maximum absolute atomic E-state index is 13.1. The first-order chi connectivity index (χ1) is 15.1. The third kappa shape index (κ3) is 3.84. The van der Waals surface area contributed by atoms with Gasteiger partial charge in [0.05, 0.1) is 12.7 Å². The fourth-order valence-corrected chi connectivity index (χ4v) is 4.71. The summed E-state index contributed by atoms with van der Waals surface area (Å²) in [6.07, 6.45) is 2.77. The molecule has 0 radical (unpaired) electrons. The maximum Gasteiger partial charge on any atom is 0.231 e. The van der Waals surface area contributed by atoms with Crippen LogP contribution < -0.4 is 14.2 Å². The number of ketones is 1. The van der Waals surface area contributed by atoms with E-state index in [-0.39, 0.29) is 5.78 Å². The number of Topliss-reactive ketones (excluding diaryl/α,β-unsaturated/α-hetero) is 1. The Morgan fingerprint density at radius 2 is 2.03 bits per heavy atom. The van der Waals surface area contributed by atoms with E-state index in [9.17, 15) is 4.79 Å². The van der Waals surface area contributed by atoms with E-state index in [4.69, 9.17) is 14.2 Å². The van der Waals surface area contributed by atoms with Gasteiger partial charge in [-0.25, -0.2) is 0 Å². The number of thiophene rings is 1. The van der Waals surface area contributed by atoms with Gasteiger partial charge in [0.25, 0.3) is 0 Å². The highest BCUT2D eigenvalue weighted by atomic mass is 32.1. The second-order valence-corrected chi connectivity index (χ2v) is 8.77. The van der Waals surface area contributed by atoms with Crippen LogP contribution in [0.2, 0.25) is 0 Å². The summed E-state index contributed by atoms with van der Waals surface area (Å²) in [5, 5.41) is 2.10. The SMILES string of the molecule is COc1ccc(C=C2Oc3c(cc4c(c3C)OCN(CCc3cccs3)C4)C2=O)cc1. The highest BCUT2D eigenvalue weighted by Crippen LogP contribution is 2.43. The van der Waals surface area contributed by atoms with E-state index in [1.165, 1.54) is 4.88 Å². The molecule has 0 amide bonds. The quantitative estimate of drug-likeness (QED) is 0.526. The number of benzene rings is 2. The number of ether oxygens (including phenoxy) is 3. The number of hydrogen-bond acceptors (Lipinski definition) is 6. The summed E-state index contributed by atoms with van der Waals surface area (Å²) in [6, 6.07) is 13.7. The van der Waals surface area contributed by atoms with Crippen molar-refractivity contribution in [3.63, 3.8) is 0 Å². The molecular formula is C25H23NO4S. The summed E-state index contributed by atoms with van der Waals surface area (Å²) < 4.78 is 17.3. The first-order valence-electron chi connectivity index (χ1n) is 10.2. The monoisotopic (exact) mass is 433 g/mol. The Labute approximate surface area is 185 Å². The van der Waals surface area contributed by atoms with Gasteiger partial charge in [-0.2, -0.15) is 0 Å². The molecule has 0 N–H and O–H groups in total. The van der Waals surface area contributed by atoms with Gasteiger partial charge >= 0.3 is 0 Å². The first-order valence-corrected chi connectivity index (χ1v) is 11.1. The summed E-state index contributed by atoms with van der Waals surface area (Å²) in [5.41, 5.74) is 3.42. The fourth-order valence-electron chi connectivity index (χ4n) is 4.01. The average Bonchev–Trinajstić information content (AvgIpc) is 3.42. The summed E-state index contributed by atoms with van der Waals surface area (Å²) in [4.78, 5) is 16.7. The topological polar surface area (TPSA) is 48.0 Å². The molecule has 2 aromatic carbocycles.